The summed E-state index contributed by atoms with van der Waals surface area (Å²) in [4.78, 5) is 14.0. The van der Waals surface area contributed by atoms with Crippen molar-refractivity contribution in [3.8, 4) is 0 Å². The maximum absolute atomic E-state index is 12.2. The first-order valence-electron chi connectivity index (χ1n) is 7.48. The van der Waals surface area contributed by atoms with E-state index in [-0.39, 0.29) is 24.0 Å². The average Bonchev–Trinajstić information content (AvgIpc) is 2.77. The van der Waals surface area contributed by atoms with Crippen LogP contribution in [0.4, 0.5) is 0 Å². The first-order chi connectivity index (χ1) is 10.9. The van der Waals surface area contributed by atoms with E-state index in [4.69, 9.17) is 4.74 Å². The van der Waals surface area contributed by atoms with Gasteiger partial charge in [-0.2, -0.15) is 0 Å². The number of carbonyl (C=O) groups excluding carboxylic acids is 1. The van der Waals surface area contributed by atoms with Crippen LogP contribution in [0.15, 0.2) is 29.2 Å². The third-order valence-corrected chi connectivity index (χ3v) is 5.16. The van der Waals surface area contributed by atoms with Gasteiger partial charge in [-0.3, -0.25) is 4.79 Å². The van der Waals surface area contributed by atoms with E-state index in [1.165, 1.54) is 19.2 Å². The summed E-state index contributed by atoms with van der Waals surface area (Å²) in [6.07, 6.45) is 0.185. The van der Waals surface area contributed by atoms with Gasteiger partial charge in [0.25, 0.3) is 0 Å². The van der Waals surface area contributed by atoms with Crippen LogP contribution in [0.1, 0.15) is 12.0 Å². The number of amides is 1. The Morgan fingerprint density at radius 2 is 2.09 bits per heavy atom. The van der Waals surface area contributed by atoms with E-state index in [1.54, 1.807) is 17.0 Å². The molecule has 0 saturated carbocycles. The van der Waals surface area contributed by atoms with Gasteiger partial charge in [-0.05, 0) is 31.2 Å². The van der Waals surface area contributed by atoms with Crippen LogP contribution in [0.3, 0.4) is 0 Å². The molecule has 0 aliphatic carbocycles. The Morgan fingerprint density at radius 3 is 2.74 bits per heavy atom. The number of carbonyl (C=O) groups is 1. The molecule has 1 aromatic rings. The van der Waals surface area contributed by atoms with E-state index < -0.39 is 16.1 Å². The molecule has 1 aliphatic heterocycles. The number of hydrogen-bond donors (Lipinski definition) is 2. The van der Waals surface area contributed by atoms with Crippen molar-refractivity contribution in [1.82, 2.24) is 9.62 Å². The second-order valence-electron chi connectivity index (χ2n) is 5.42. The molecule has 8 heteroatoms. The summed E-state index contributed by atoms with van der Waals surface area (Å²) in [6, 6.07) is 6.46. The van der Waals surface area contributed by atoms with E-state index in [1.807, 2.05) is 0 Å². The molecule has 23 heavy (non-hydrogen) atoms. The molecule has 1 atom stereocenters. The van der Waals surface area contributed by atoms with Crippen molar-refractivity contribution >= 4 is 15.9 Å². The van der Waals surface area contributed by atoms with Gasteiger partial charge in [0.05, 0.1) is 24.2 Å². The number of nitrogens with one attached hydrogen (secondary N) is 1. The smallest absolute Gasteiger partial charge is 0.240 e. The third-order valence-electron chi connectivity index (χ3n) is 3.73. The Balaban J connectivity index is 1.91. The topological polar surface area (TPSA) is 95.9 Å². The monoisotopic (exact) mass is 342 g/mol. The van der Waals surface area contributed by atoms with E-state index in [2.05, 4.69) is 4.72 Å². The molecule has 0 aromatic heterocycles. The standard InChI is InChI=1S/C15H22N2O5S/c1-16-23(20,21)14-5-2-12(3-6-14)4-7-15(19)17-8-9-22-11-13(18)10-17/h2-3,5-6,13,16,18H,4,7-11H2,1H3/t13-/m0/s1. The number of aliphatic hydroxyl groups excluding tert-OH is 1. The minimum absolute atomic E-state index is 0.0403. The van der Waals surface area contributed by atoms with Crippen molar-refractivity contribution in [2.45, 2.75) is 23.8 Å². The van der Waals surface area contributed by atoms with Crippen molar-refractivity contribution in [1.29, 1.82) is 0 Å². The minimum Gasteiger partial charge on any atom is -0.389 e. The maximum atomic E-state index is 12.2. The van der Waals surface area contributed by atoms with Crippen molar-refractivity contribution < 1.29 is 23.1 Å². The number of aliphatic hydroxyl groups is 1. The number of nitrogens with zero attached hydrogens (tertiary/aromatic N) is 1. The lowest BCUT2D eigenvalue weighted by molar-refractivity contribution is -0.132. The van der Waals surface area contributed by atoms with Crippen LogP contribution in [0.2, 0.25) is 0 Å². The molecule has 128 valence electrons. The van der Waals surface area contributed by atoms with Gasteiger partial charge in [0.2, 0.25) is 15.9 Å². The zero-order valence-corrected chi connectivity index (χ0v) is 13.9. The molecule has 0 bridgehead atoms. The summed E-state index contributed by atoms with van der Waals surface area (Å²) in [7, 11) is -2.08. The molecule has 1 heterocycles. The van der Waals surface area contributed by atoms with Crippen LogP contribution in [0.25, 0.3) is 0 Å². The van der Waals surface area contributed by atoms with Gasteiger partial charge in [-0.1, -0.05) is 12.1 Å². The van der Waals surface area contributed by atoms with Crippen LogP contribution >= 0.6 is 0 Å². The highest BCUT2D eigenvalue weighted by Crippen LogP contribution is 2.12. The number of β-amino-alcohol motifs (C(OH)–C–C–N with tert-alkyl or cyclic N) is 1. The van der Waals surface area contributed by atoms with E-state index in [9.17, 15) is 18.3 Å². The molecule has 7 nitrogen and oxygen atoms in total. The average molecular weight is 342 g/mol. The second kappa shape index (κ2) is 7.87. The summed E-state index contributed by atoms with van der Waals surface area (Å²) in [5, 5.41) is 9.64. The Hall–Kier alpha value is -1.48. The lowest BCUT2D eigenvalue weighted by atomic mass is 10.1. The number of hydrogen-bond acceptors (Lipinski definition) is 5. The van der Waals surface area contributed by atoms with Gasteiger partial charge in [0.15, 0.2) is 0 Å². The van der Waals surface area contributed by atoms with E-state index in [0.717, 1.165) is 5.56 Å². The van der Waals surface area contributed by atoms with Crippen LogP contribution < -0.4 is 4.72 Å². The summed E-state index contributed by atoms with van der Waals surface area (Å²) in [5.74, 6) is -0.0403. The fourth-order valence-electron chi connectivity index (χ4n) is 2.38. The summed E-state index contributed by atoms with van der Waals surface area (Å²) < 4.78 is 30.7. The predicted octanol–water partition coefficient (Wildman–Crippen LogP) is -0.253. The highest BCUT2D eigenvalue weighted by atomic mass is 32.2. The Bertz CT molecular complexity index is 630. The number of benzene rings is 1. The van der Waals surface area contributed by atoms with E-state index in [0.29, 0.717) is 26.0 Å². The molecule has 0 unspecified atom stereocenters. The van der Waals surface area contributed by atoms with Gasteiger partial charge in [0, 0.05) is 19.5 Å². The Morgan fingerprint density at radius 1 is 1.39 bits per heavy atom. The lowest BCUT2D eigenvalue weighted by Crippen LogP contribution is -2.37. The van der Waals surface area contributed by atoms with Crippen molar-refractivity contribution in [3.05, 3.63) is 29.8 Å². The summed E-state index contributed by atoms with van der Waals surface area (Å²) in [5.41, 5.74) is 0.889. The van der Waals surface area contributed by atoms with Crippen LogP contribution in [0.5, 0.6) is 0 Å². The fraction of sp³-hybridized carbons (Fsp3) is 0.533. The first kappa shape index (κ1) is 17.9. The van der Waals surface area contributed by atoms with Crippen LogP contribution in [0, 0.1) is 0 Å². The number of aryl methyl sites for hydroxylation is 1. The van der Waals surface area contributed by atoms with Crippen molar-refractivity contribution in [2.24, 2.45) is 0 Å². The number of ether oxygens (including phenoxy) is 1. The van der Waals surface area contributed by atoms with Gasteiger partial charge in [-0.25, -0.2) is 13.1 Å². The SMILES string of the molecule is CNS(=O)(=O)c1ccc(CCC(=O)N2CCOC[C@@H](O)C2)cc1. The van der Waals surface area contributed by atoms with Crippen LogP contribution in [-0.2, 0) is 26.0 Å². The van der Waals surface area contributed by atoms with E-state index >= 15 is 0 Å². The summed E-state index contributed by atoms with van der Waals surface area (Å²) >= 11 is 0. The zero-order valence-electron chi connectivity index (χ0n) is 13.1. The second-order valence-corrected chi connectivity index (χ2v) is 7.31. The normalized spacial score (nSPS) is 19.4. The maximum Gasteiger partial charge on any atom is 0.240 e. The third kappa shape index (κ3) is 5.00. The molecule has 0 spiro atoms. The highest BCUT2D eigenvalue weighted by Gasteiger charge is 2.20. The molecular formula is C15H22N2O5S. The van der Waals surface area contributed by atoms with Crippen molar-refractivity contribution in [3.63, 3.8) is 0 Å². The Kier molecular flexibility index (Phi) is 6.11. The molecule has 2 rings (SSSR count). The largest absolute Gasteiger partial charge is 0.389 e. The quantitative estimate of drug-likeness (QED) is 0.769. The molecular weight excluding hydrogens is 320 g/mol. The molecule has 1 aliphatic rings. The number of rotatable bonds is 5. The molecule has 1 amide bonds. The fourth-order valence-corrected chi connectivity index (χ4v) is 3.11. The molecule has 2 N–H and O–H groups in total. The van der Waals surface area contributed by atoms with Crippen molar-refractivity contribution in [2.75, 3.05) is 33.4 Å². The first-order valence-corrected chi connectivity index (χ1v) is 8.97. The Labute approximate surface area is 136 Å². The van der Waals surface area contributed by atoms with Gasteiger partial charge in [0.1, 0.15) is 0 Å². The van der Waals surface area contributed by atoms with Gasteiger partial charge >= 0.3 is 0 Å². The molecule has 1 saturated heterocycles. The minimum atomic E-state index is -3.44. The molecule has 1 aromatic carbocycles. The molecule has 1 fully saturated rings. The van der Waals surface area contributed by atoms with Crippen LogP contribution in [-0.4, -0.2) is 63.8 Å². The zero-order chi connectivity index (χ0) is 16.9. The van der Waals surface area contributed by atoms with Gasteiger partial charge < -0.3 is 14.7 Å². The lowest BCUT2D eigenvalue weighted by Gasteiger charge is -2.21. The summed E-state index contributed by atoms with van der Waals surface area (Å²) in [6.45, 7) is 1.46. The van der Waals surface area contributed by atoms with Gasteiger partial charge in [-0.15, -0.1) is 0 Å². The molecule has 0 radical (unpaired) electrons. The highest BCUT2D eigenvalue weighted by molar-refractivity contribution is 7.89. The predicted molar refractivity (Wildman–Crippen MR) is 84.4 cm³/mol. The number of sulfonamides is 1.